The van der Waals surface area contributed by atoms with Crippen LogP contribution in [0.25, 0.3) is 0 Å². The Morgan fingerprint density at radius 3 is 2.71 bits per heavy atom. The summed E-state index contributed by atoms with van der Waals surface area (Å²) >= 11 is 1.20. The lowest BCUT2D eigenvalue weighted by atomic mass is 10.2. The minimum absolute atomic E-state index is 0.321. The van der Waals surface area contributed by atoms with Gasteiger partial charge in [-0.05, 0) is 24.3 Å². The molecule has 0 fully saturated rings. The van der Waals surface area contributed by atoms with Gasteiger partial charge in [0.1, 0.15) is 5.82 Å². The number of aldehydes is 1. The smallest absolute Gasteiger partial charge is 0.162 e. The summed E-state index contributed by atoms with van der Waals surface area (Å²) in [6, 6.07) is 9.92. The van der Waals surface area contributed by atoms with Gasteiger partial charge in [0.2, 0.25) is 0 Å². The van der Waals surface area contributed by atoms with E-state index in [1.54, 1.807) is 6.07 Å². The molecule has 0 atom stereocenters. The summed E-state index contributed by atoms with van der Waals surface area (Å²) in [6.45, 7) is 1.22. The summed E-state index contributed by atoms with van der Waals surface area (Å²) in [4.78, 5) is 12.1. The first-order valence-corrected chi connectivity index (χ1v) is 7.41. The maximum absolute atomic E-state index is 13.9. The number of fused-ring (bicyclic) bond motifs is 1. The van der Waals surface area contributed by atoms with Crippen LogP contribution in [-0.2, 0) is 0 Å². The zero-order valence-corrected chi connectivity index (χ0v) is 12.0. The van der Waals surface area contributed by atoms with Crippen LogP contribution in [0.4, 0.5) is 4.39 Å². The Bertz CT molecular complexity index is 673. The summed E-state index contributed by atoms with van der Waals surface area (Å²) in [5.74, 6) is 0.944. The standard InChI is InChI=1S/C16H13FO3S/c17-13-4-1-3-11(10-18)16(13)21-12-5-6-14-15(9-12)20-8-2-7-19-14/h1,3-6,9-10H,2,7-8H2. The van der Waals surface area contributed by atoms with Crippen molar-refractivity contribution in [1.82, 2.24) is 0 Å². The van der Waals surface area contributed by atoms with E-state index < -0.39 is 5.82 Å². The largest absolute Gasteiger partial charge is 0.490 e. The molecule has 0 saturated heterocycles. The van der Waals surface area contributed by atoms with Crippen molar-refractivity contribution in [2.45, 2.75) is 16.2 Å². The fourth-order valence-electron chi connectivity index (χ4n) is 2.05. The van der Waals surface area contributed by atoms with Gasteiger partial charge in [-0.1, -0.05) is 23.9 Å². The van der Waals surface area contributed by atoms with E-state index in [0.29, 0.717) is 41.5 Å². The van der Waals surface area contributed by atoms with Gasteiger partial charge in [-0.2, -0.15) is 0 Å². The van der Waals surface area contributed by atoms with Gasteiger partial charge in [0, 0.05) is 16.9 Å². The predicted octanol–water partition coefficient (Wildman–Crippen LogP) is 3.95. The fourth-order valence-corrected chi connectivity index (χ4v) is 2.99. The molecule has 0 radical (unpaired) electrons. The average Bonchev–Trinajstić information content (AvgIpc) is 2.74. The number of ether oxygens (including phenoxy) is 2. The Labute approximate surface area is 126 Å². The Kier molecular flexibility index (Phi) is 4.10. The van der Waals surface area contributed by atoms with Crippen molar-refractivity contribution < 1.29 is 18.7 Å². The lowest BCUT2D eigenvalue weighted by Gasteiger charge is -2.10. The molecule has 1 aliphatic rings. The van der Waals surface area contributed by atoms with E-state index in [-0.39, 0.29) is 0 Å². The first-order valence-electron chi connectivity index (χ1n) is 6.59. The monoisotopic (exact) mass is 304 g/mol. The first kappa shape index (κ1) is 13.9. The summed E-state index contributed by atoms with van der Waals surface area (Å²) in [5.41, 5.74) is 0.340. The summed E-state index contributed by atoms with van der Waals surface area (Å²) in [6.07, 6.45) is 1.49. The van der Waals surface area contributed by atoms with Crippen molar-refractivity contribution in [2.24, 2.45) is 0 Å². The Hall–Kier alpha value is -2.01. The van der Waals surface area contributed by atoms with Crippen LogP contribution in [0.2, 0.25) is 0 Å². The van der Waals surface area contributed by atoms with Crippen molar-refractivity contribution in [3.8, 4) is 11.5 Å². The molecule has 3 rings (SSSR count). The van der Waals surface area contributed by atoms with Gasteiger partial charge in [-0.3, -0.25) is 4.79 Å². The van der Waals surface area contributed by atoms with Gasteiger partial charge in [-0.15, -0.1) is 0 Å². The molecule has 2 aromatic carbocycles. The van der Waals surface area contributed by atoms with Gasteiger partial charge in [0.05, 0.1) is 18.1 Å². The zero-order valence-electron chi connectivity index (χ0n) is 11.2. The molecule has 0 aliphatic carbocycles. The van der Waals surface area contributed by atoms with Crippen molar-refractivity contribution >= 4 is 18.0 Å². The molecule has 3 nitrogen and oxygen atoms in total. The molecule has 0 bridgehead atoms. The van der Waals surface area contributed by atoms with Gasteiger partial charge in [0.15, 0.2) is 17.8 Å². The van der Waals surface area contributed by atoms with Crippen molar-refractivity contribution in [2.75, 3.05) is 13.2 Å². The van der Waals surface area contributed by atoms with E-state index in [1.165, 1.54) is 23.9 Å². The van der Waals surface area contributed by atoms with Gasteiger partial charge in [0.25, 0.3) is 0 Å². The molecule has 2 aromatic rings. The van der Waals surface area contributed by atoms with E-state index in [2.05, 4.69) is 0 Å². The highest BCUT2D eigenvalue weighted by atomic mass is 32.2. The highest BCUT2D eigenvalue weighted by molar-refractivity contribution is 7.99. The van der Waals surface area contributed by atoms with Gasteiger partial charge >= 0.3 is 0 Å². The number of hydrogen-bond acceptors (Lipinski definition) is 4. The molecule has 0 amide bonds. The highest BCUT2D eigenvalue weighted by Gasteiger charge is 2.14. The molecule has 5 heteroatoms. The third-order valence-corrected chi connectivity index (χ3v) is 4.19. The van der Waals surface area contributed by atoms with E-state index in [9.17, 15) is 9.18 Å². The summed E-state index contributed by atoms with van der Waals surface area (Å²) < 4.78 is 25.1. The third kappa shape index (κ3) is 3.03. The Morgan fingerprint density at radius 1 is 1.10 bits per heavy atom. The molecule has 0 unspecified atom stereocenters. The van der Waals surface area contributed by atoms with Gasteiger partial charge in [-0.25, -0.2) is 4.39 Å². The quantitative estimate of drug-likeness (QED) is 0.804. The zero-order chi connectivity index (χ0) is 14.7. The fraction of sp³-hybridized carbons (Fsp3) is 0.188. The molecule has 108 valence electrons. The maximum Gasteiger partial charge on any atom is 0.162 e. The van der Waals surface area contributed by atoms with Crippen molar-refractivity contribution in [1.29, 1.82) is 0 Å². The predicted molar refractivity (Wildman–Crippen MR) is 78.0 cm³/mol. The minimum Gasteiger partial charge on any atom is -0.490 e. The second-order valence-electron chi connectivity index (χ2n) is 4.54. The average molecular weight is 304 g/mol. The number of carbonyl (C=O) groups excluding carboxylic acids is 1. The van der Waals surface area contributed by atoms with Crippen LogP contribution in [0.3, 0.4) is 0 Å². The Balaban J connectivity index is 1.92. The first-order chi connectivity index (χ1) is 10.3. The molecular weight excluding hydrogens is 291 g/mol. The second kappa shape index (κ2) is 6.18. The molecular formula is C16H13FO3S. The molecule has 1 aliphatic heterocycles. The molecule has 0 N–H and O–H groups in total. The summed E-state index contributed by atoms with van der Waals surface area (Å²) in [5, 5.41) is 0. The number of benzene rings is 2. The van der Waals surface area contributed by atoms with Crippen LogP contribution in [0.1, 0.15) is 16.8 Å². The van der Waals surface area contributed by atoms with Crippen LogP contribution in [0, 0.1) is 5.82 Å². The molecule has 0 aromatic heterocycles. The van der Waals surface area contributed by atoms with E-state index in [4.69, 9.17) is 9.47 Å². The van der Waals surface area contributed by atoms with Crippen molar-refractivity contribution in [3.05, 3.63) is 47.8 Å². The van der Waals surface area contributed by atoms with Gasteiger partial charge < -0.3 is 9.47 Å². The maximum atomic E-state index is 13.9. The topological polar surface area (TPSA) is 35.5 Å². The van der Waals surface area contributed by atoms with E-state index >= 15 is 0 Å². The minimum atomic E-state index is -0.406. The SMILES string of the molecule is O=Cc1cccc(F)c1Sc1ccc2c(c1)OCCCO2. The lowest BCUT2D eigenvalue weighted by Crippen LogP contribution is -1.97. The number of halogens is 1. The molecule has 0 saturated carbocycles. The van der Waals surface area contributed by atoms with Crippen LogP contribution in [-0.4, -0.2) is 19.5 Å². The van der Waals surface area contributed by atoms with E-state index in [0.717, 1.165) is 11.3 Å². The number of carbonyl (C=O) groups is 1. The Morgan fingerprint density at radius 2 is 1.90 bits per heavy atom. The van der Waals surface area contributed by atoms with Crippen LogP contribution < -0.4 is 9.47 Å². The van der Waals surface area contributed by atoms with Crippen LogP contribution >= 0.6 is 11.8 Å². The summed E-state index contributed by atoms with van der Waals surface area (Å²) in [7, 11) is 0. The third-order valence-electron chi connectivity index (χ3n) is 3.06. The molecule has 0 spiro atoms. The molecule has 1 heterocycles. The molecule has 21 heavy (non-hydrogen) atoms. The van der Waals surface area contributed by atoms with Crippen molar-refractivity contribution in [3.63, 3.8) is 0 Å². The number of hydrogen-bond donors (Lipinski definition) is 0. The number of rotatable bonds is 3. The second-order valence-corrected chi connectivity index (χ2v) is 5.62. The van der Waals surface area contributed by atoms with E-state index in [1.807, 2.05) is 18.2 Å². The lowest BCUT2D eigenvalue weighted by molar-refractivity contribution is 0.112. The highest BCUT2D eigenvalue weighted by Crippen LogP contribution is 2.38. The van der Waals surface area contributed by atoms with Crippen LogP contribution in [0.15, 0.2) is 46.2 Å². The van der Waals surface area contributed by atoms with Crippen LogP contribution in [0.5, 0.6) is 11.5 Å². The normalized spacial score (nSPS) is 13.6.